The summed E-state index contributed by atoms with van der Waals surface area (Å²) >= 11 is 1.25. The van der Waals surface area contributed by atoms with Crippen LogP contribution in [0.5, 0.6) is 0 Å². The van der Waals surface area contributed by atoms with Crippen LogP contribution in [0.3, 0.4) is 0 Å². The summed E-state index contributed by atoms with van der Waals surface area (Å²) in [5, 5.41) is 3.25. The van der Waals surface area contributed by atoms with Gasteiger partial charge in [0.05, 0.1) is 16.5 Å². The topological polar surface area (TPSA) is 79.4 Å². The number of likely N-dealkylation sites (tertiary alicyclic amines) is 1. The van der Waals surface area contributed by atoms with Crippen LogP contribution >= 0.6 is 11.3 Å². The summed E-state index contributed by atoms with van der Waals surface area (Å²) < 4.78 is 0. The zero-order chi connectivity index (χ0) is 16.8. The number of nitrogens with one attached hydrogen (secondary N) is 1. The van der Waals surface area contributed by atoms with E-state index in [4.69, 9.17) is 0 Å². The zero-order valence-corrected chi connectivity index (χ0v) is 14.0. The van der Waals surface area contributed by atoms with E-state index < -0.39 is 0 Å². The molecule has 122 valence electrons. The maximum atomic E-state index is 12.2. The molecule has 6 nitrogen and oxygen atoms in total. The standard InChI is InChI=1S/C16H19N3O3S/c1-4-12(21)19-7-9(8-19)14(22)18-15-17-10-5-16(2,3)6-11(20)13(10)23-15/h4,9H,1,5-8H2,2-3H3,(H,17,18,22). The Kier molecular flexibility index (Phi) is 3.83. The molecule has 0 atom stereocenters. The molecule has 1 aliphatic heterocycles. The Morgan fingerprint density at radius 1 is 1.39 bits per heavy atom. The largest absolute Gasteiger partial charge is 0.337 e. The number of hydrogen-bond acceptors (Lipinski definition) is 5. The minimum absolute atomic E-state index is 0.0844. The molecular weight excluding hydrogens is 314 g/mol. The van der Waals surface area contributed by atoms with Crippen molar-refractivity contribution >= 4 is 34.1 Å². The Bertz CT molecular complexity index is 701. The van der Waals surface area contributed by atoms with Crippen LogP contribution in [-0.2, 0) is 16.0 Å². The first-order valence-electron chi connectivity index (χ1n) is 7.54. The maximum absolute atomic E-state index is 12.2. The number of carbonyl (C=O) groups excluding carboxylic acids is 3. The fourth-order valence-electron chi connectivity index (χ4n) is 2.93. The molecule has 7 heteroatoms. The molecular formula is C16H19N3O3S. The van der Waals surface area contributed by atoms with E-state index in [2.05, 4.69) is 16.9 Å². The second kappa shape index (κ2) is 5.56. The van der Waals surface area contributed by atoms with Crippen molar-refractivity contribution in [1.82, 2.24) is 9.88 Å². The molecule has 1 N–H and O–H groups in total. The third-order valence-electron chi connectivity index (χ3n) is 4.20. The van der Waals surface area contributed by atoms with Crippen molar-refractivity contribution in [2.24, 2.45) is 11.3 Å². The minimum atomic E-state index is -0.230. The number of nitrogens with zero attached hydrogens (tertiary/aromatic N) is 2. The minimum Gasteiger partial charge on any atom is -0.337 e. The number of fused-ring (bicyclic) bond motifs is 1. The first kappa shape index (κ1) is 15.9. The van der Waals surface area contributed by atoms with Crippen molar-refractivity contribution in [3.63, 3.8) is 0 Å². The van der Waals surface area contributed by atoms with Gasteiger partial charge in [0.15, 0.2) is 10.9 Å². The highest BCUT2D eigenvalue weighted by Crippen LogP contribution is 2.38. The number of ketones is 1. The molecule has 1 fully saturated rings. The fraction of sp³-hybridized carbons (Fsp3) is 0.500. The van der Waals surface area contributed by atoms with E-state index in [-0.39, 0.29) is 28.9 Å². The van der Waals surface area contributed by atoms with Crippen LogP contribution in [-0.4, -0.2) is 40.6 Å². The molecule has 0 radical (unpaired) electrons. The van der Waals surface area contributed by atoms with Gasteiger partial charge in [-0.25, -0.2) is 4.98 Å². The lowest BCUT2D eigenvalue weighted by atomic mass is 9.78. The van der Waals surface area contributed by atoms with Gasteiger partial charge < -0.3 is 10.2 Å². The highest BCUT2D eigenvalue weighted by molar-refractivity contribution is 7.17. The summed E-state index contributed by atoms with van der Waals surface area (Å²) in [4.78, 5) is 42.4. The summed E-state index contributed by atoms with van der Waals surface area (Å²) in [6, 6.07) is 0. The highest BCUT2D eigenvalue weighted by atomic mass is 32.1. The van der Waals surface area contributed by atoms with Crippen molar-refractivity contribution < 1.29 is 14.4 Å². The van der Waals surface area contributed by atoms with Gasteiger partial charge in [-0.2, -0.15) is 0 Å². The van der Waals surface area contributed by atoms with Crippen LogP contribution in [0.25, 0.3) is 0 Å². The van der Waals surface area contributed by atoms with Gasteiger partial charge in [-0.1, -0.05) is 31.8 Å². The molecule has 1 aliphatic carbocycles. The van der Waals surface area contributed by atoms with Crippen molar-refractivity contribution in [2.45, 2.75) is 26.7 Å². The van der Waals surface area contributed by atoms with E-state index >= 15 is 0 Å². The van der Waals surface area contributed by atoms with E-state index in [1.807, 2.05) is 13.8 Å². The van der Waals surface area contributed by atoms with Gasteiger partial charge in [-0.05, 0) is 17.9 Å². The number of hydrogen-bond donors (Lipinski definition) is 1. The van der Waals surface area contributed by atoms with E-state index in [9.17, 15) is 14.4 Å². The molecule has 3 rings (SSSR count). The molecule has 0 unspecified atom stereocenters. The van der Waals surface area contributed by atoms with Crippen LogP contribution in [0.4, 0.5) is 5.13 Å². The van der Waals surface area contributed by atoms with Crippen LogP contribution in [0.2, 0.25) is 0 Å². The second-order valence-corrected chi connectivity index (χ2v) is 7.87. The number of Topliss-reactive ketones (excluding diaryl/α,β-unsaturated/α-hetero) is 1. The van der Waals surface area contributed by atoms with Gasteiger partial charge in [0.1, 0.15) is 0 Å². The van der Waals surface area contributed by atoms with E-state index in [1.54, 1.807) is 4.90 Å². The molecule has 0 bridgehead atoms. The molecule has 0 spiro atoms. The molecule has 0 saturated carbocycles. The SMILES string of the molecule is C=CC(=O)N1CC(C(=O)Nc2nc3c(s2)C(=O)CC(C)(C)C3)C1. The zero-order valence-electron chi connectivity index (χ0n) is 13.2. The normalized spacial score (nSPS) is 19.7. The van der Waals surface area contributed by atoms with E-state index in [0.717, 1.165) is 12.1 Å². The summed E-state index contributed by atoms with van der Waals surface area (Å²) in [6.45, 7) is 8.31. The average Bonchev–Trinajstić information content (AvgIpc) is 2.77. The van der Waals surface area contributed by atoms with Gasteiger partial charge in [-0.15, -0.1) is 0 Å². The van der Waals surface area contributed by atoms with Gasteiger partial charge >= 0.3 is 0 Å². The number of aromatic nitrogens is 1. The lowest BCUT2D eigenvalue weighted by Crippen LogP contribution is -2.53. The first-order valence-corrected chi connectivity index (χ1v) is 8.36. The predicted molar refractivity (Wildman–Crippen MR) is 87.4 cm³/mol. The number of amides is 2. The average molecular weight is 333 g/mol. The molecule has 2 amide bonds. The van der Waals surface area contributed by atoms with E-state index in [0.29, 0.717) is 29.5 Å². The number of thiazole rings is 1. The second-order valence-electron chi connectivity index (χ2n) is 6.87. The molecule has 2 aliphatic rings. The smallest absolute Gasteiger partial charge is 0.246 e. The van der Waals surface area contributed by atoms with Crippen molar-refractivity contribution in [2.75, 3.05) is 18.4 Å². The lowest BCUT2D eigenvalue weighted by Gasteiger charge is -2.37. The van der Waals surface area contributed by atoms with Crippen molar-refractivity contribution in [3.8, 4) is 0 Å². The van der Waals surface area contributed by atoms with Gasteiger partial charge in [0.25, 0.3) is 0 Å². The molecule has 2 heterocycles. The van der Waals surface area contributed by atoms with Crippen LogP contribution in [0.1, 0.15) is 35.6 Å². The Morgan fingerprint density at radius 2 is 2.09 bits per heavy atom. The molecule has 1 aromatic rings. The van der Waals surface area contributed by atoms with Gasteiger partial charge in [-0.3, -0.25) is 14.4 Å². The number of rotatable bonds is 3. The van der Waals surface area contributed by atoms with Gasteiger partial charge in [0, 0.05) is 19.5 Å². The number of anilines is 1. The monoisotopic (exact) mass is 333 g/mol. The third kappa shape index (κ3) is 3.06. The molecule has 1 aromatic heterocycles. The highest BCUT2D eigenvalue weighted by Gasteiger charge is 2.37. The maximum Gasteiger partial charge on any atom is 0.246 e. The van der Waals surface area contributed by atoms with Gasteiger partial charge in [0.2, 0.25) is 11.8 Å². The molecule has 0 aromatic carbocycles. The summed E-state index contributed by atoms with van der Waals surface area (Å²) in [7, 11) is 0. The lowest BCUT2D eigenvalue weighted by molar-refractivity contribution is -0.137. The Morgan fingerprint density at radius 3 is 2.74 bits per heavy atom. The van der Waals surface area contributed by atoms with Crippen LogP contribution < -0.4 is 5.32 Å². The summed E-state index contributed by atoms with van der Waals surface area (Å²) in [5.41, 5.74) is 0.697. The number of carbonyl (C=O) groups is 3. The fourth-order valence-corrected chi connectivity index (χ4v) is 3.86. The Balaban J connectivity index is 1.64. The van der Waals surface area contributed by atoms with Crippen LogP contribution in [0.15, 0.2) is 12.7 Å². The first-order chi connectivity index (χ1) is 10.8. The molecule has 1 saturated heterocycles. The Labute approximate surface area is 138 Å². The quantitative estimate of drug-likeness (QED) is 0.857. The van der Waals surface area contributed by atoms with Crippen LogP contribution in [0, 0.1) is 11.3 Å². The molecule has 23 heavy (non-hydrogen) atoms. The van der Waals surface area contributed by atoms with Crippen molar-refractivity contribution in [3.05, 3.63) is 23.2 Å². The Hall–Kier alpha value is -2.02. The summed E-state index contributed by atoms with van der Waals surface area (Å²) in [5.74, 6) is -0.449. The van der Waals surface area contributed by atoms with Crippen molar-refractivity contribution in [1.29, 1.82) is 0 Å². The predicted octanol–water partition coefficient (Wildman–Crippen LogP) is 1.88. The summed E-state index contributed by atoms with van der Waals surface area (Å²) in [6.07, 6.45) is 2.50. The third-order valence-corrected chi connectivity index (χ3v) is 5.26. The van der Waals surface area contributed by atoms with E-state index in [1.165, 1.54) is 17.4 Å².